The van der Waals surface area contributed by atoms with Gasteiger partial charge in [-0.2, -0.15) is 0 Å². The zero-order chi connectivity index (χ0) is 16.9. The normalized spacial score (nSPS) is 16.8. The Morgan fingerprint density at radius 1 is 1.05 bits per heavy atom. The van der Waals surface area contributed by atoms with Gasteiger partial charge in [-0.15, -0.1) is 0 Å². The molecule has 0 radical (unpaired) electrons. The molecule has 0 rings (SSSR count). The van der Waals surface area contributed by atoms with Crippen LogP contribution in [-0.4, -0.2) is 65.2 Å². The second kappa shape index (κ2) is 7.68. The monoisotopic (exact) mass is 342 g/mol. The van der Waals surface area contributed by atoms with Crippen LogP contribution in [0, 0.1) is 0 Å². The van der Waals surface area contributed by atoms with E-state index in [-0.39, 0.29) is 18.3 Å². The maximum atomic E-state index is 11.7. The first-order valence-corrected chi connectivity index (χ1v) is 11.6. The zero-order valence-corrected chi connectivity index (χ0v) is 16.7. The molecule has 1 unspecified atom stereocenters. The average Bonchev–Trinajstić information content (AvgIpc) is 2.20. The van der Waals surface area contributed by atoms with Crippen LogP contribution in [0.25, 0.3) is 0 Å². The van der Waals surface area contributed by atoms with Crippen molar-refractivity contribution in [2.24, 2.45) is 0 Å². The Bertz CT molecular complexity index is 363. The summed E-state index contributed by atoms with van der Waals surface area (Å²) in [6, 6.07) is 0. The van der Waals surface area contributed by atoms with Gasteiger partial charge in [0.2, 0.25) is 0 Å². The Balaban J connectivity index is 4.03. The highest BCUT2D eigenvalue weighted by atomic mass is 31.2. The molecular formula is C13H33NO5PSi+. The molecule has 6 nitrogen and oxygen atoms in total. The lowest BCUT2D eigenvalue weighted by Gasteiger charge is -2.36. The average molecular weight is 342 g/mol. The van der Waals surface area contributed by atoms with Crippen LogP contribution in [0.5, 0.6) is 0 Å². The van der Waals surface area contributed by atoms with Crippen LogP contribution in [0.4, 0.5) is 0 Å². The highest BCUT2D eigenvalue weighted by molar-refractivity contribution is 7.47. The van der Waals surface area contributed by atoms with Gasteiger partial charge < -0.3 is 13.8 Å². The van der Waals surface area contributed by atoms with E-state index in [4.69, 9.17) is 13.5 Å². The fourth-order valence-corrected chi connectivity index (χ4v) is 2.85. The molecule has 0 aliphatic carbocycles. The molecule has 0 aromatic rings. The molecule has 1 N–H and O–H groups in total. The van der Waals surface area contributed by atoms with Crippen LogP contribution >= 0.6 is 7.82 Å². The summed E-state index contributed by atoms with van der Waals surface area (Å²) in [6.07, 6.45) is 0. The third-order valence-corrected chi connectivity index (χ3v) is 9.18. The van der Waals surface area contributed by atoms with Crippen LogP contribution in [0.15, 0.2) is 0 Å². The quantitative estimate of drug-likeness (QED) is 0.302. The van der Waals surface area contributed by atoms with E-state index in [0.717, 1.165) is 0 Å². The van der Waals surface area contributed by atoms with E-state index in [1.54, 1.807) is 0 Å². The van der Waals surface area contributed by atoms with Gasteiger partial charge in [0.05, 0.1) is 34.4 Å². The van der Waals surface area contributed by atoms with Gasteiger partial charge in [-0.3, -0.25) is 9.05 Å². The first kappa shape index (κ1) is 21.2. The number of nitrogens with zero attached hydrogens (tertiary/aromatic N) is 1. The van der Waals surface area contributed by atoms with Gasteiger partial charge >= 0.3 is 7.82 Å². The van der Waals surface area contributed by atoms with Crippen molar-refractivity contribution in [2.75, 3.05) is 47.5 Å². The summed E-state index contributed by atoms with van der Waals surface area (Å²) in [4.78, 5) is 9.56. The summed E-state index contributed by atoms with van der Waals surface area (Å²) in [5.41, 5.74) is 0. The maximum absolute atomic E-state index is 11.7. The summed E-state index contributed by atoms with van der Waals surface area (Å²) in [5.74, 6) is 0. The lowest BCUT2D eigenvalue weighted by atomic mass is 10.2. The van der Waals surface area contributed by atoms with Gasteiger partial charge in [-0.25, -0.2) is 4.57 Å². The van der Waals surface area contributed by atoms with Crippen molar-refractivity contribution in [3.8, 4) is 0 Å². The molecule has 0 spiro atoms. The van der Waals surface area contributed by atoms with Crippen LogP contribution in [0.1, 0.15) is 20.8 Å². The molecule has 0 fully saturated rings. The van der Waals surface area contributed by atoms with E-state index < -0.39 is 16.1 Å². The first-order chi connectivity index (χ1) is 9.16. The SMILES string of the molecule is CC(C)(C)[Si](C)(C)OCCOP(=O)(O)OCC[N+](C)(C)C. The van der Waals surface area contributed by atoms with Crippen LogP contribution in [0.3, 0.4) is 0 Å². The maximum Gasteiger partial charge on any atom is 0.472 e. The first-order valence-electron chi connectivity index (χ1n) is 7.23. The minimum atomic E-state index is -3.98. The molecule has 0 amide bonds. The summed E-state index contributed by atoms with van der Waals surface area (Å²) in [5, 5.41) is 0.108. The van der Waals surface area contributed by atoms with E-state index in [1.807, 2.05) is 21.1 Å². The molecular weight excluding hydrogens is 309 g/mol. The summed E-state index contributed by atoms with van der Waals surface area (Å²) >= 11 is 0. The fraction of sp³-hybridized carbons (Fsp3) is 1.00. The highest BCUT2D eigenvalue weighted by Gasteiger charge is 2.37. The van der Waals surface area contributed by atoms with Crippen LogP contribution in [-0.2, 0) is 18.0 Å². The van der Waals surface area contributed by atoms with E-state index >= 15 is 0 Å². The van der Waals surface area contributed by atoms with Gasteiger partial charge in [0.1, 0.15) is 13.2 Å². The molecule has 0 saturated carbocycles. The predicted octanol–water partition coefficient (Wildman–Crippen LogP) is 2.85. The molecule has 128 valence electrons. The van der Waals surface area contributed by atoms with E-state index in [1.165, 1.54) is 0 Å². The number of hydrogen-bond acceptors (Lipinski definition) is 4. The molecule has 0 aliphatic rings. The number of quaternary nitrogens is 1. The number of phosphoric ester groups is 1. The molecule has 1 atom stereocenters. The second-order valence-electron chi connectivity index (χ2n) is 7.76. The number of hydrogen-bond donors (Lipinski definition) is 1. The number of rotatable bonds is 9. The molecule has 21 heavy (non-hydrogen) atoms. The third-order valence-electron chi connectivity index (χ3n) is 3.62. The predicted molar refractivity (Wildman–Crippen MR) is 87.8 cm³/mol. The van der Waals surface area contributed by atoms with Crippen molar-refractivity contribution in [3.05, 3.63) is 0 Å². The summed E-state index contributed by atoms with van der Waals surface area (Å²) in [6.45, 7) is 11.9. The van der Waals surface area contributed by atoms with Crippen molar-refractivity contribution in [3.63, 3.8) is 0 Å². The molecule has 0 saturated heterocycles. The Kier molecular flexibility index (Phi) is 7.77. The molecule has 0 bridgehead atoms. The number of phosphoric acid groups is 1. The summed E-state index contributed by atoms with van der Waals surface area (Å²) in [7, 11) is 0.135. The van der Waals surface area contributed by atoms with Crippen molar-refractivity contribution < 1.29 is 27.4 Å². The standard InChI is InChI=1S/C13H32NO5PSi/c1-13(2,3)21(7,8)19-12-11-18-20(15,16)17-10-9-14(4,5)6/h9-12H2,1-8H3/p+1. The Morgan fingerprint density at radius 3 is 1.95 bits per heavy atom. The highest BCUT2D eigenvalue weighted by Crippen LogP contribution is 2.43. The van der Waals surface area contributed by atoms with E-state index in [9.17, 15) is 9.46 Å². The Labute approximate surface area is 130 Å². The second-order valence-corrected chi connectivity index (χ2v) is 14.0. The van der Waals surface area contributed by atoms with Gasteiger partial charge in [0.25, 0.3) is 0 Å². The fourth-order valence-electron chi connectivity index (χ4n) is 1.13. The zero-order valence-electron chi connectivity index (χ0n) is 14.8. The molecule has 0 aromatic heterocycles. The lowest BCUT2D eigenvalue weighted by molar-refractivity contribution is -0.870. The lowest BCUT2D eigenvalue weighted by Crippen LogP contribution is -2.41. The minimum absolute atomic E-state index is 0.0602. The van der Waals surface area contributed by atoms with Crippen molar-refractivity contribution >= 4 is 16.1 Å². The van der Waals surface area contributed by atoms with Gasteiger partial charge in [-0.1, -0.05) is 20.8 Å². The van der Waals surface area contributed by atoms with Gasteiger partial charge in [-0.05, 0) is 18.1 Å². The van der Waals surface area contributed by atoms with Gasteiger partial charge in [0, 0.05) is 0 Å². The topological polar surface area (TPSA) is 65.0 Å². The van der Waals surface area contributed by atoms with Crippen molar-refractivity contribution in [1.82, 2.24) is 0 Å². The van der Waals surface area contributed by atoms with E-state index in [2.05, 4.69) is 33.9 Å². The van der Waals surface area contributed by atoms with Crippen LogP contribution in [0.2, 0.25) is 18.1 Å². The van der Waals surface area contributed by atoms with Crippen LogP contribution < -0.4 is 0 Å². The number of likely N-dealkylation sites (N-methyl/N-ethyl adjacent to an activating group) is 1. The Morgan fingerprint density at radius 2 is 1.52 bits per heavy atom. The largest absolute Gasteiger partial charge is 0.472 e. The van der Waals surface area contributed by atoms with E-state index in [0.29, 0.717) is 17.6 Å². The summed E-state index contributed by atoms with van der Waals surface area (Å²) < 4.78 is 28.1. The molecule has 0 aliphatic heterocycles. The van der Waals surface area contributed by atoms with Crippen molar-refractivity contribution in [1.29, 1.82) is 0 Å². The third kappa shape index (κ3) is 9.79. The minimum Gasteiger partial charge on any atom is -0.414 e. The molecule has 0 heterocycles. The Hall–Kier alpha value is 0.247. The van der Waals surface area contributed by atoms with Crippen molar-refractivity contribution in [2.45, 2.75) is 38.9 Å². The molecule has 8 heteroatoms. The molecule has 0 aromatic carbocycles. The smallest absolute Gasteiger partial charge is 0.414 e. The van der Waals surface area contributed by atoms with Gasteiger partial charge in [0.15, 0.2) is 8.32 Å².